The number of hydrogen-bond acceptors (Lipinski definition) is 7. The maximum Gasteiger partial charge on any atom is 0.339 e. The van der Waals surface area contributed by atoms with E-state index in [1.165, 1.54) is 0 Å². The van der Waals surface area contributed by atoms with Crippen LogP contribution in [0.5, 0.6) is 11.5 Å². The van der Waals surface area contributed by atoms with Crippen LogP contribution in [-0.2, 0) is 4.74 Å². The fourth-order valence-corrected chi connectivity index (χ4v) is 3.06. The number of methoxy groups -OCH3 is 1. The molecule has 0 atom stereocenters. The number of carbonyl (C=O) groups excluding carboxylic acids is 1. The molecule has 30 heavy (non-hydrogen) atoms. The van der Waals surface area contributed by atoms with E-state index < -0.39 is 5.97 Å². The summed E-state index contributed by atoms with van der Waals surface area (Å²) in [6, 6.07) is 18.4. The molecule has 7 nitrogen and oxygen atoms in total. The fourth-order valence-electron chi connectivity index (χ4n) is 3.06. The van der Waals surface area contributed by atoms with Gasteiger partial charge in [0.1, 0.15) is 24.7 Å². The lowest BCUT2D eigenvalue weighted by molar-refractivity contribution is 0.0452. The van der Waals surface area contributed by atoms with E-state index in [9.17, 15) is 4.79 Å². The molecule has 0 N–H and O–H groups in total. The molecule has 2 heterocycles. The van der Waals surface area contributed by atoms with Crippen LogP contribution in [0.25, 0.3) is 22.4 Å². The van der Waals surface area contributed by atoms with Crippen molar-refractivity contribution in [2.45, 2.75) is 6.92 Å². The molecular weight excluding hydrogens is 384 g/mol. The number of esters is 1. The summed E-state index contributed by atoms with van der Waals surface area (Å²) in [6.45, 7) is 2.08. The van der Waals surface area contributed by atoms with Gasteiger partial charge in [0.05, 0.1) is 29.4 Å². The predicted molar refractivity (Wildman–Crippen MR) is 111 cm³/mol. The fraction of sp³-hybridized carbons (Fsp3) is 0.174. The number of aryl methyl sites for hydroxylation is 1. The molecule has 0 saturated carbocycles. The Morgan fingerprint density at radius 2 is 1.73 bits per heavy atom. The van der Waals surface area contributed by atoms with E-state index in [0.717, 1.165) is 11.3 Å². The summed E-state index contributed by atoms with van der Waals surface area (Å²) in [7, 11) is 1.60. The van der Waals surface area contributed by atoms with Crippen LogP contribution in [0.4, 0.5) is 0 Å². The Hall–Kier alpha value is -3.87. The molecule has 0 amide bonds. The Kier molecular flexibility index (Phi) is 5.61. The number of ether oxygens (including phenoxy) is 3. The van der Waals surface area contributed by atoms with Crippen molar-refractivity contribution in [1.29, 1.82) is 0 Å². The van der Waals surface area contributed by atoms with Crippen molar-refractivity contribution < 1.29 is 23.5 Å². The maximum absolute atomic E-state index is 12.8. The molecule has 2 aromatic heterocycles. The highest BCUT2D eigenvalue weighted by atomic mass is 16.6. The Morgan fingerprint density at radius 3 is 2.47 bits per heavy atom. The third kappa shape index (κ3) is 4.10. The van der Waals surface area contributed by atoms with Crippen LogP contribution < -0.4 is 9.47 Å². The van der Waals surface area contributed by atoms with Gasteiger partial charge in [0.25, 0.3) is 5.71 Å². The number of hydrogen-bond donors (Lipinski definition) is 0. The Bertz CT molecular complexity index is 1150. The number of pyridine rings is 1. The third-order valence-corrected chi connectivity index (χ3v) is 4.55. The third-order valence-electron chi connectivity index (χ3n) is 4.55. The second kappa shape index (κ2) is 8.65. The van der Waals surface area contributed by atoms with Crippen molar-refractivity contribution in [3.8, 4) is 22.8 Å². The molecule has 0 aliphatic heterocycles. The highest BCUT2D eigenvalue weighted by Gasteiger charge is 2.20. The van der Waals surface area contributed by atoms with Gasteiger partial charge in [0.15, 0.2) is 0 Å². The van der Waals surface area contributed by atoms with E-state index in [0.29, 0.717) is 33.8 Å². The SMILES string of the molecule is COc1ccc(OCCOC(=O)c2cc(-c3ccccc3)nc3onc(C)c23)cc1. The first-order valence-electron chi connectivity index (χ1n) is 9.42. The van der Waals surface area contributed by atoms with Crippen molar-refractivity contribution in [2.24, 2.45) is 0 Å². The van der Waals surface area contributed by atoms with Gasteiger partial charge in [-0.05, 0) is 37.3 Å². The lowest BCUT2D eigenvalue weighted by Gasteiger charge is -2.09. The van der Waals surface area contributed by atoms with Crippen LogP contribution in [0.2, 0.25) is 0 Å². The molecule has 0 radical (unpaired) electrons. The van der Waals surface area contributed by atoms with Crippen LogP contribution in [-0.4, -0.2) is 36.4 Å². The minimum absolute atomic E-state index is 0.0969. The van der Waals surface area contributed by atoms with Crippen molar-refractivity contribution in [2.75, 3.05) is 20.3 Å². The van der Waals surface area contributed by atoms with Crippen LogP contribution in [0.3, 0.4) is 0 Å². The molecular formula is C23H20N2O5. The van der Waals surface area contributed by atoms with E-state index in [1.807, 2.05) is 30.3 Å². The molecule has 0 unspecified atom stereocenters. The quantitative estimate of drug-likeness (QED) is 0.332. The van der Waals surface area contributed by atoms with E-state index >= 15 is 0 Å². The standard InChI is InChI=1S/C23H20N2O5/c1-15-21-19(14-20(24-22(21)30-25-15)16-6-4-3-5-7-16)23(26)29-13-12-28-18-10-8-17(27-2)9-11-18/h3-11,14H,12-13H2,1-2H3. The minimum atomic E-state index is -0.482. The molecule has 4 rings (SSSR count). The van der Waals surface area contributed by atoms with Gasteiger partial charge < -0.3 is 18.7 Å². The van der Waals surface area contributed by atoms with Gasteiger partial charge >= 0.3 is 5.97 Å². The molecule has 0 saturated heterocycles. The molecule has 2 aromatic carbocycles. The van der Waals surface area contributed by atoms with E-state index in [-0.39, 0.29) is 13.2 Å². The van der Waals surface area contributed by atoms with E-state index in [1.54, 1.807) is 44.4 Å². The van der Waals surface area contributed by atoms with Gasteiger partial charge in [-0.1, -0.05) is 35.5 Å². The van der Waals surface area contributed by atoms with Gasteiger partial charge in [0.2, 0.25) is 0 Å². The van der Waals surface area contributed by atoms with Crippen molar-refractivity contribution in [3.63, 3.8) is 0 Å². The second-order valence-corrected chi connectivity index (χ2v) is 6.53. The first kappa shape index (κ1) is 19.4. The first-order chi connectivity index (χ1) is 14.7. The number of rotatable bonds is 7. The zero-order chi connectivity index (χ0) is 20.9. The van der Waals surface area contributed by atoms with Gasteiger partial charge in [-0.25, -0.2) is 9.78 Å². The van der Waals surface area contributed by atoms with Crippen LogP contribution >= 0.6 is 0 Å². The molecule has 7 heteroatoms. The molecule has 0 aliphatic rings. The lowest BCUT2D eigenvalue weighted by Crippen LogP contribution is -2.13. The van der Waals surface area contributed by atoms with Gasteiger partial charge in [-0.3, -0.25) is 0 Å². The summed E-state index contributed by atoms with van der Waals surface area (Å²) >= 11 is 0. The summed E-state index contributed by atoms with van der Waals surface area (Å²) in [5, 5.41) is 4.50. The Labute approximate surface area is 173 Å². The van der Waals surface area contributed by atoms with Crippen molar-refractivity contribution >= 4 is 17.1 Å². The lowest BCUT2D eigenvalue weighted by atomic mass is 10.1. The highest BCUT2D eigenvalue weighted by Crippen LogP contribution is 2.27. The average molecular weight is 404 g/mol. The first-order valence-corrected chi connectivity index (χ1v) is 9.42. The average Bonchev–Trinajstić information content (AvgIpc) is 3.17. The smallest absolute Gasteiger partial charge is 0.339 e. The zero-order valence-corrected chi connectivity index (χ0v) is 16.6. The van der Waals surface area contributed by atoms with Gasteiger partial charge in [-0.2, -0.15) is 0 Å². The summed E-state index contributed by atoms with van der Waals surface area (Å²) < 4.78 is 21.4. The van der Waals surface area contributed by atoms with Crippen LogP contribution in [0.1, 0.15) is 16.1 Å². The summed E-state index contributed by atoms with van der Waals surface area (Å²) in [6.07, 6.45) is 0. The van der Waals surface area contributed by atoms with Crippen LogP contribution in [0.15, 0.2) is 65.2 Å². The van der Waals surface area contributed by atoms with Crippen LogP contribution in [0, 0.1) is 6.92 Å². The number of fused-ring (bicyclic) bond motifs is 1. The minimum Gasteiger partial charge on any atom is -0.497 e. The summed E-state index contributed by atoms with van der Waals surface area (Å²) in [5.74, 6) is 0.928. The second-order valence-electron chi connectivity index (χ2n) is 6.53. The molecule has 0 aliphatic carbocycles. The monoisotopic (exact) mass is 404 g/mol. The normalized spacial score (nSPS) is 10.7. The maximum atomic E-state index is 12.8. The number of carbonyl (C=O) groups is 1. The molecule has 4 aromatic rings. The summed E-state index contributed by atoms with van der Waals surface area (Å²) in [4.78, 5) is 17.3. The molecule has 0 fully saturated rings. The zero-order valence-electron chi connectivity index (χ0n) is 16.6. The Balaban J connectivity index is 1.48. The van der Waals surface area contributed by atoms with Crippen molar-refractivity contribution in [1.82, 2.24) is 10.1 Å². The van der Waals surface area contributed by atoms with Crippen molar-refractivity contribution in [3.05, 3.63) is 71.9 Å². The molecule has 152 valence electrons. The van der Waals surface area contributed by atoms with E-state index in [2.05, 4.69) is 10.1 Å². The highest BCUT2D eigenvalue weighted by molar-refractivity contribution is 6.04. The number of aromatic nitrogens is 2. The van der Waals surface area contributed by atoms with Gasteiger partial charge in [0, 0.05) is 5.56 Å². The topological polar surface area (TPSA) is 83.7 Å². The Morgan fingerprint density at radius 1 is 1.00 bits per heavy atom. The number of benzene rings is 2. The molecule has 0 spiro atoms. The predicted octanol–water partition coefficient (Wildman–Crippen LogP) is 4.44. The number of nitrogens with zero attached hydrogens (tertiary/aromatic N) is 2. The van der Waals surface area contributed by atoms with E-state index in [4.69, 9.17) is 18.7 Å². The van der Waals surface area contributed by atoms with Gasteiger partial charge in [-0.15, -0.1) is 0 Å². The summed E-state index contributed by atoms with van der Waals surface area (Å²) in [5.41, 5.74) is 2.72. The molecule has 0 bridgehead atoms. The largest absolute Gasteiger partial charge is 0.497 e.